The first-order valence-electron chi connectivity index (χ1n) is 10.3. The Labute approximate surface area is 192 Å². The summed E-state index contributed by atoms with van der Waals surface area (Å²) in [5, 5.41) is 6.70. The number of amides is 1. The Morgan fingerprint density at radius 2 is 1.71 bits per heavy atom. The number of alkyl halides is 3. The average Bonchev–Trinajstić information content (AvgIpc) is 3.12. The molecule has 0 aliphatic heterocycles. The molecule has 2 aromatic carbocycles. The zero-order valence-corrected chi connectivity index (χ0v) is 18.6. The van der Waals surface area contributed by atoms with E-state index in [2.05, 4.69) is 10.4 Å². The number of nitrogens with one attached hydrogen (secondary N) is 1. The Bertz CT molecular complexity index is 1420. The lowest BCUT2D eigenvalue weighted by Gasteiger charge is -2.15. The molecule has 0 radical (unpaired) electrons. The summed E-state index contributed by atoms with van der Waals surface area (Å²) in [5.41, 5.74) is -0.201. The highest BCUT2D eigenvalue weighted by molar-refractivity contribution is 5.92. The Kier molecular flexibility index (Phi) is 5.90. The number of hydrogen-bond donors (Lipinski definition) is 1. The third kappa shape index (κ3) is 4.39. The predicted octanol–water partition coefficient (Wildman–Crippen LogP) is 4.47. The Morgan fingerprint density at radius 3 is 2.29 bits per heavy atom. The standard InChI is InChI=1S/C24H21F3N4O3/c1-14-4-8-17(9-5-14)31-23-22(15(2)29-31)19(24(25,26)27)12-21(33)30(23)13-20(32)28-16-6-10-18(34-3)11-7-16/h4-12H,13H2,1-3H3,(H,28,32). The number of fused-ring (bicyclic) bond motifs is 1. The van der Waals surface area contributed by atoms with Crippen LogP contribution in [0.1, 0.15) is 16.8 Å². The molecule has 2 aromatic heterocycles. The number of hydrogen-bond acceptors (Lipinski definition) is 4. The van der Waals surface area contributed by atoms with Gasteiger partial charge in [-0.3, -0.25) is 14.2 Å². The van der Waals surface area contributed by atoms with Crippen LogP contribution in [0.15, 0.2) is 59.4 Å². The molecule has 4 aromatic rings. The van der Waals surface area contributed by atoms with Crippen molar-refractivity contribution in [3.05, 3.63) is 81.8 Å². The summed E-state index contributed by atoms with van der Waals surface area (Å²) >= 11 is 0. The molecule has 1 N–H and O–H groups in total. The van der Waals surface area contributed by atoms with Gasteiger partial charge in [0.25, 0.3) is 5.56 Å². The fourth-order valence-corrected chi connectivity index (χ4v) is 3.72. The van der Waals surface area contributed by atoms with Crippen molar-refractivity contribution in [2.45, 2.75) is 26.6 Å². The summed E-state index contributed by atoms with van der Waals surface area (Å²) < 4.78 is 48.8. The van der Waals surface area contributed by atoms with Crippen molar-refractivity contribution in [2.75, 3.05) is 12.4 Å². The molecule has 10 heteroatoms. The molecule has 2 heterocycles. The number of anilines is 1. The maximum Gasteiger partial charge on any atom is 0.417 e. The van der Waals surface area contributed by atoms with Crippen LogP contribution in [0.4, 0.5) is 18.9 Å². The van der Waals surface area contributed by atoms with Crippen molar-refractivity contribution in [1.82, 2.24) is 14.3 Å². The number of benzene rings is 2. The quantitative estimate of drug-likeness (QED) is 0.467. The largest absolute Gasteiger partial charge is 0.497 e. The van der Waals surface area contributed by atoms with Gasteiger partial charge in [0, 0.05) is 11.8 Å². The van der Waals surface area contributed by atoms with E-state index in [9.17, 15) is 22.8 Å². The van der Waals surface area contributed by atoms with E-state index in [1.807, 2.05) is 6.92 Å². The molecule has 0 bridgehead atoms. The molecular formula is C24H21F3N4O3. The van der Waals surface area contributed by atoms with Gasteiger partial charge in [0.2, 0.25) is 5.91 Å². The SMILES string of the molecule is COc1ccc(NC(=O)Cn2c(=O)cc(C(F)(F)F)c3c(C)nn(-c4ccc(C)cc4)c32)cc1. The third-order valence-corrected chi connectivity index (χ3v) is 5.35. The van der Waals surface area contributed by atoms with Crippen LogP contribution in [0.2, 0.25) is 0 Å². The molecule has 0 saturated heterocycles. The van der Waals surface area contributed by atoms with Crippen LogP contribution in [-0.4, -0.2) is 27.4 Å². The summed E-state index contributed by atoms with van der Waals surface area (Å²) in [7, 11) is 1.51. The Morgan fingerprint density at radius 1 is 1.06 bits per heavy atom. The van der Waals surface area contributed by atoms with E-state index >= 15 is 0 Å². The van der Waals surface area contributed by atoms with Gasteiger partial charge in [-0.2, -0.15) is 18.3 Å². The highest BCUT2D eigenvalue weighted by Gasteiger charge is 2.36. The van der Waals surface area contributed by atoms with Crippen molar-refractivity contribution in [3.8, 4) is 11.4 Å². The van der Waals surface area contributed by atoms with Gasteiger partial charge in [-0.1, -0.05) is 17.7 Å². The second kappa shape index (κ2) is 8.69. The lowest BCUT2D eigenvalue weighted by molar-refractivity contribution is -0.136. The molecule has 0 atom stereocenters. The van der Waals surface area contributed by atoms with Gasteiger partial charge in [0.1, 0.15) is 17.9 Å². The molecule has 176 valence electrons. The number of nitrogens with zero attached hydrogens (tertiary/aromatic N) is 3. The first kappa shape index (κ1) is 23.1. The number of methoxy groups -OCH3 is 1. The van der Waals surface area contributed by atoms with Crippen LogP contribution in [0.5, 0.6) is 5.75 Å². The third-order valence-electron chi connectivity index (χ3n) is 5.35. The molecule has 0 spiro atoms. The van der Waals surface area contributed by atoms with E-state index in [4.69, 9.17) is 4.74 Å². The first-order chi connectivity index (χ1) is 16.1. The normalized spacial score (nSPS) is 11.6. The number of ether oxygens (including phenoxy) is 1. The van der Waals surface area contributed by atoms with Crippen LogP contribution in [0, 0.1) is 13.8 Å². The molecule has 0 aliphatic rings. The fraction of sp³-hybridized carbons (Fsp3) is 0.208. The number of aryl methyl sites for hydroxylation is 2. The topological polar surface area (TPSA) is 78.2 Å². The minimum Gasteiger partial charge on any atom is -0.497 e. The van der Waals surface area contributed by atoms with Gasteiger partial charge in [-0.25, -0.2) is 4.68 Å². The van der Waals surface area contributed by atoms with E-state index in [-0.39, 0.29) is 16.7 Å². The van der Waals surface area contributed by atoms with Crippen LogP contribution in [-0.2, 0) is 17.5 Å². The molecule has 7 nitrogen and oxygen atoms in total. The average molecular weight is 470 g/mol. The highest BCUT2D eigenvalue weighted by atomic mass is 19.4. The number of pyridine rings is 1. The second-order valence-electron chi connectivity index (χ2n) is 7.79. The van der Waals surface area contributed by atoms with E-state index in [0.717, 1.165) is 10.1 Å². The van der Waals surface area contributed by atoms with Crippen molar-refractivity contribution in [3.63, 3.8) is 0 Å². The summed E-state index contributed by atoms with van der Waals surface area (Å²) in [6.45, 7) is 2.81. The molecular weight excluding hydrogens is 449 g/mol. The minimum atomic E-state index is -4.77. The molecule has 0 unspecified atom stereocenters. The lowest BCUT2D eigenvalue weighted by Crippen LogP contribution is -2.30. The number of carbonyl (C=O) groups excluding carboxylic acids is 1. The molecule has 0 saturated carbocycles. The minimum absolute atomic E-state index is 0.0900. The zero-order valence-electron chi connectivity index (χ0n) is 18.6. The van der Waals surface area contributed by atoms with Crippen molar-refractivity contribution in [2.24, 2.45) is 0 Å². The van der Waals surface area contributed by atoms with Gasteiger partial charge >= 0.3 is 6.18 Å². The van der Waals surface area contributed by atoms with Crippen LogP contribution in [0.25, 0.3) is 16.7 Å². The van der Waals surface area contributed by atoms with Gasteiger partial charge < -0.3 is 10.1 Å². The van der Waals surface area contributed by atoms with Gasteiger partial charge in [-0.05, 0) is 50.2 Å². The molecule has 34 heavy (non-hydrogen) atoms. The second-order valence-corrected chi connectivity index (χ2v) is 7.79. The summed E-state index contributed by atoms with van der Waals surface area (Å²) in [5.74, 6) is 0.0128. The highest BCUT2D eigenvalue weighted by Crippen LogP contribution is 2.36. The van der Waals surface area contributed by atoms with E-state index in [0.29, 0.717) is 23.2 Å². The van der Waals surface area contributed by atoms with Crippen molar-refractivity contribution >= 4 is 22.6 Å². The van der Waals surface area contributed by atoms with Crippen LogP contribution in [0.3, 0.4) is 0 Å². The van der Waals surface area contributed by atoms with Crippen molar-refractivity contribution < 1.29 is 22.7 Å². The first-order valence-corrected chi connectivity index (χ1v) is 10.3. The predicted molar refractivity (Wildman–Crippen MR) is 121 cm³/mol. The molecule has 0 fully saturated rings. The summed E-state index contributed by atoms with van der Waals surface area (Å²) in [6, 6.07) is 14.0. The van der Waals surface area contributed by atoms with Gasteiger partial charge in [-0.15, -0.1) is 0 Å². The molecule has 0 aliphatic carbocycles. The van der Waals surface area contributed by atoms with E-state index in [1.165, 1.54) is 18.7 Å². The zero-order chi connectivity index (χ0) is 24.6. The van der Waals surface area contributed by atoms with Crippen LogP contribution < -0.4 is 15.6 Å². The fourth-order valence-electron chi connectivity index (χ4n) is 3.72. The summed E-state index contributed by atoms with van der Waals surface area (Å²) in [6.07, 6.45) is -4.77. The number of aromatic nitrogens is 3. The maximum atomic E-state index is 13.8. The Balaban J connectivity index is 1.85. The number of rotatable bonds is 5. The van der Waals surface area contributed by atoms with Crippen LogP contribution >= 0.6 is 0 Å². The Hall–Kier alpha value is -4.08. The number of halogens is 3. The molecule has 4 rings (SSSR count). The maximum absolute atomic E-state index is 13.8. The lowest BCUT2D eigenvalue weighted by atomic mass is 10.1. The van der Waals surface area contributed by atoms with E-state index in [1.54, 1.807) is 48.5 Å². The summed E-state index contributed by atoms with van der Waals surface area (Å²) in [4.78, 5) is 25.6. The smallest absolute Gasteiger partial charge is 0.417 e. The van der Waals surface area contributed by atoms with Gasteiger partial charge in [0.15, 0.2) is 0 Å². The molecule has 1 amide bonds. The van der Waals surface area contributed by atoms with E-state index < -0.39 is 29.8 Å². The van der Waals surface area contributed by atoms with Gasteiger partial charge in [0.05, 0.1) is 29.4 Å². The van der Waals surface area contributed by atoms with Crippen molar-refractivity contribution in [1.29, 1.82) is 0 Å². The number of carbonyl (C=O) groups is 1. The monoisotopic (exact) mass is 470 g/mol.